The molecule has 4 heterocycles. The Hall–Kier alpha value is -5.97. The molecule has 0 radical (unpaired) electrons. The number of piperidine rings is 1. The quantitative estimate of drug-likeness (QED) is 0.161. The van der Waals surface area contributed by atoms with Crippen molar-refractivity contribution in [2.75, 3.05) is 18.0 Å². The minimum Gasteiger partial charge on any atom is -0.490 e. The number of nitrogens with zero attached hydrogens (tertiary/aromatic N) is 6. The Labute approximate surface area is 326 Å². The van der Waals surface area contributed by atoms with Crippen LogP contribution in [0.4, 0.5) is 19.1 Å². The molecule has 1 aliphatic heterocycles. The van der Waals surface area contributed by atoms with Crippen molar-refractivity contribution < 1.29 is 32.6 Å². The molecule has 4 bridgehead atoms. The third-order valence-corrected chi connectivity index (χ3v) is 12.7. The van der Waals surface area contributed by atoms with Crippen LogP contribution in [-0.2, 0) is 11.0 Å². The number of ether oxygens (including phenoxy) is 1. The van der Waals surface area contributed by atoms with Crippen molar-refractivity contribution in [3.8, 4) is 28.8 Å². The van der Waals surface area contributed by atoms with Gasteiger partial charge in [0.15, 0.2) is 5.69 Å². The van der Waals surface area contributed by atoms with E-state index in [-0.39, 0.29) is 23.6 Å². The minimum atomic E-state index is -5.02. The van der Waals surface area contributed by atoms with Crippen LogP contribution in [0.3, 0.4) is 0 Å². The third kappa shape index (κ3) is 6.62. The number of aliphatic carboxylic acids is 1. The molecule has 57 heavy (non-hydrogen) atoms. The van der Waals surface area contributed by atoms with Crippen LogP contribution in [0.25, 0.3) is 27.8 Å². The summed E-state index contributed by atoms with van der Waals surface area (Å²) in [7, 11) is 0. The highest BCUT2D eigenvalue weighted by Crippen LogP contribution is 2.56. The summed E-state index contributed by atoms with van der Waals surface area (Å²) < 4.78 is 53.0. The van der Waals surface area contributed by atoms with Gasteiger partial charge in [-0.3, -0.25) is 4.79 Å². The van der Waals surface area contributed by atoms with Gasteiger partial charge in [-0.1, -0.05) is 6.42 Å². The van der Waals surface area contributed by atoms with Crippen LogP contribution in [0.5, 0.6) is 5.75 Å². The van der Waals surface area contributed by atoms with Crippen LogP contribution in [0.15, 0.2) is 79.3 Å². The standard InChI is InChI=1S/C43H40F3N7O4/c44-43(45,46)38-34(39(54)51-42(40(55)56)28-5-2-26-18-27(20-28)21-29(42)19-26)10-11-36(50-38)35-24-53(30-6-3-25(23-47)4-7-30)37-22-32(8-9-33(35)37)57-31-12-16-52(17-13-31)41-48-14-1-15-49-41/h1,3-4,6-11,14-15,22,24,26-29,31H,2,5,12-13,16-21H2,(H,51,54)(H,55,56). The zero-order valence-corrected chi connectivity index (χ0v) is 31.0. The first kappa shape index (κ1) is 36.7. The second kappa shape index (κ2) is 14.2. The second-order valence-electron chi connectivity index (χ2n) is 16.0. The number of hydrogen-bond donors (Lipinski definition) is 2. The van der Waals surface area contributed by atoms with Crippen molar-refractivity contribution >= 4 is 28.7 Å². The fourth-order valence-electron chi connectivity index (χ4n) is 10.2. The molecule has 4 saturated carbocycles. The van der Waals surface area contributed by atoms with Crippen LogP contribution in [0.1, 0.15) is 73.0 Å². The van der Waals surface area contributed by atoms with Gasteiger partial charge in [0, 0.05) is 67.2 Å². The smallest absolute Gasteiger partial charge is 0.434 e. The lowest BCUT2D eigenvalue weighted by atomic mass is 9.58. The molecule has 10 rings (SSSR count). The molecular formula is C43H40F3N7O4. The molecule has 5 aliphatic rings. The molecule has 5 atom stereocenters. The van der Waals surface area contributed by atoms with E-state index in [0.29, 0.717) is 90.0 Å². The van der Waals surface area contributed by atoms with Crippen LogP contribution in [0.2, 0.25) is 0 Å². The summed E-state index contributed by atoms with van der Waals surface area (Å²) in [4.78, 5) is 41.9. The first-order valence-corrected chi connectivity index (χ1v) is 19.5. The van der Waals surface area contributed by atoms with Crippen molar-refractivity contribution in [1.82, 2.24) is 24.8 Å². The Morgan fingerprint density at radius 1 is 0.912 bits per heavy atom. The molecule has 1 saturated heterocycles. The van der Waals surface area contributed by atoms with Crippen LogP contribution < -0.4 is 15.0 Å². The maximum Gasteiger partial charge on any atom is 0.434 e. The van der Waals surface area contributed by atoms with E-state index in [1.165, 1.54) is 6.07 Å². The van der Waals surface area contributed by atoms with E-state index in [9.17, 15) is 33.1 Å². The lowest BCUT2D eigenvalue weighted by Gasteiger charge is -2.50. The number of anilines is 1. The number of benzene rings is 2. The molecule has 1 amide bonds. The Bertz CT molecular complexity index is 2380. The SMILES string of the molecule is N#Cc1ccc(-n2cc(-c3ccc(C(=O)NC4(C(=O)O)C5CCC6CC(C5)CC4C6)c(C(F)(F)F)n3)c3ccc(OC4CCN(c5ncccn5)CC4)cc32)cc1. The maximum absolute atomic E-state index is 14.9. The molecule has 5 aromatic rings. The fourth-order valence-corrected chi connectivity index (χ4v) is 10.2. The van der Waals surface area contributed by atoms with E-state index in [1.54, 1.807) is 61.1 Å². The number of nitriles is 1. The molecule has 5 unspecified atom stereocenters. The second-order valence-corrected chi connectivity index (χ2v) is 16.0. The van der Waals surface area contributed by atoms with Gasteiger partial charge in [0.25, 0.3) is 5.91 Å². The number of rotatable bonds is 8. The number of carboxylic acids is 1. The lowest BCUT2D eigenvalue weighted by Crippen LogP contribution is -2.66. The number of carbonyl (C=O) groups excluding carboxylic acids is 1. The third-order valence-electron chi connectivity index (χ3n) is 12.7. The monoisotopic (exact) mass is 775 g/mol. The van der Waals surface area contributed by atoms with Crippen molar-refractivity contribution in [3.63, 3.8) is 0 Å². The summed E-state index contributed by atoms with van der Waals surface area (Å²) in [5, 5.41) is 23.3. The van der Waals surface area contributed by atoms with Crippen molar-refractivity contribution in [3.05, 3.63) is 96.1 Å². The van der Waals surface area contributed by atoms with Crippen molar-refractivity contribution in [2.45, 2.75) is 69.2 Å². The Morgan fingerprint density at radius 2 is 1.65 bits per heavy atom. The van der Waals surface area contributed by atoms with Crippen molar-refractivity contribution in [1.29, 1.82) is 5.26 Å². The fraction of sp³-hybridized carbons (Fsp3) is 0.395. The highest BCUT2D eigenvalue weighted by molar-refractivity contribution is 6.01. The number of pyridine rings is 1. The average molecular weight is 776 g/mol. The molecule has 2 aromatic carbocycles. The Balaban J connectivity index is 1.05. The summed E-state index contributed by atoms with van der Waals surface area (Å²) in [6, 6.07) is 18.6. The van der Waals surface area contributed by atoms with Gasteiger partial charge in [-0.15, -0.1) is 0 Å². The van der Waals surface area contributed by atoms with Crippen LogP contribution in [0, 0.1) is 35.0 Å². The summed E-state index contributed by atoms with van der Waals surface area (Å²) >= 11 is 0. The first-order chi connectivity index (χ1) is 27.5. The molecule has 0 spiro atoms. The molecular weight excluding hydrogens is 736 g/mol. The number of fused-ring (bicyclic) bond motifs is 2. The zero-order chi connectivity index (χ0) is 39.5. The summed E-state index contributed by atoms with van der Waals surface area (Å²) in [5.41, 5.74) is -1.61. The Kier molecular flexibility index (Phi) is 9.13. The maximum atomic E-state index is 14.9. The largest absolute Gasteiger partial charge is 0.490 e. The van der Waals surface area contributed by atoms with E-state index in [0.717, 1.165) is 31.7 Å². The highest BCUT2D eigenvalue weighted by Gasteiger charge is 2.60. The highest BCUT2D eigenvalue weighted by atomic mass is 19.4. The first-order valence-electron chi connectivity index (χ1n) is 19.5. The topological polar surface area (TPSA) is 146 Å². The van der Waals surface area contributed by atoms with Crippen molar-refractivity contribution in [2.24, 2.45) is 23.7 Å². The van der Waals surface area contributed by atoms with Gasteiger partial charge >= 0.3 is 12.1 Å². The van der Waals surface area contributed by atoms with E-state index < -0.39 is 34.8 Å². The van der Waals surface area contributed by atoms with Gasteiger partial charge in [-0.25, -0.2) is 19.7 Å². The van der Waals surface area contributed by atoms with Gasteiger partial charge in [0.05, 0.1) is 28.4 Å². The number of aromatic nitrogens is 4. The Morgan fingerprint density at radius 3 is 2.37 bits per heavy atom. The van der Waals surface area contributed by atoms with E-state index >= 15 is 0 Å². The minimum absolute atomic E-state index is 0.0141. The molecule has 4 aliphatic carbocycles. The summed E-state index contributed by atoms with van der Waals surface area (Å²) in [6.45, 7) is 1.42. The predicted octanol–water partition coefficient (Wildman–Crippen LogP) is 7.82. The molecule has 14 heteroatoms. The zero-order valence-electron chi connectivity index (χ0n) is 31.0. The van der Waals surface area contributed by atoms with Gasteiger partial charge in [-0.05, 0) is 110 Å². The van der Waals surface area contributed by atoms with E-state index in [4.69, 9.17) is 4.74 Å². The molecule has 292 valence electrons. The molecule has 3 aromatic heterocycles. The van der Waals surface area contributed by atoms with Crippen LogP contribution in [-0.4, -0.2) is 61.2 Å². The van der Waals surface area contributed by atoms with Gasteiger partial charge in [0.1, 0.15) is 17.4 Å². The lowest BCUT2D eigenvalue weighted by molar-refractivity contribution is -0.154. The molecule has 2 N–H and O–H groups in total. The number of carboxylic acid groups (broad SMARTS) is 1. The van der Waals surface area contributed by atoms with Gasteiger partial charge in [0.2, 0.25) is 5.95 Å². The van der Waals surface area contributed by atoms with Crippen LogP contribution >= 0.6 is 0 Å². The number of alkyl halides is 3. The van der Waals surface area contributed by atoms with E-state index in [2.05, 4.69) is 31.2 Å². The number of halogens is 3. The normalized spacial score (nSPS) is 24.6. The number of nitrogens with one attached hydrogen (secondary N) is 1. The molecule has 5 fully saturated rings. The summed E-state index contributed by atoms with van der Waals surface area (Å²) in [5.74, 6) is -0.966. The summed E-state index contributed by atoms with van der Waals surface area (Å²) in [6.07, 6.45) is 5.92. The molecule has 11 nitrogen and oxygen atoms in total. The van der Waals surface area contributed by atoms with E-state index in [1.807, 2.05) is 10.6 Å². The number of hydrogen-bond acceptors (Lipinski definition) is 8. The predicted molar refractivity (Wildman–Crippen MR) is 204 cm³/mol. The average Bonchev–Trinajstić information content (AvgIpc) is 3.47. The number of amides is 1. The number of carbonyl (C=O) groups is 2. The van der Waals surface area contributed by atoms with Gasteiger partial charge in [-0.2, -0.15) is 18.4 Å². The van der Waals surface area contributed by atoms with Gasteiger partial charge < -0.3 is 24.6 Å².